The molecule has 2 unspecified atom stereocenters. The summed E-state index contributed by atoms with van der Waals surface area (Å²) >= 11 is 0. The molecule has 0 aliphatic carbocycles. The van der Waals surface area contributed by atoms with Crippen LogP contribution in [0.2, 0.25) is 0 Å². The van der Waals surface area contributed by atoms with Crippen LogP contribution in [0, 0.1) is 5.92 Å². The van der Waals surface area contributed by atoms with E-state index < -0.39 is 5.60 Å². The van der Waals surface area contributed by atoms with E-state index in [1.165, 1.54) is 6.54 Å². The van der Waals surface area contributed by atoms with E-state index >= 15 is 0 Å². The van der Waals surface area contributed by atoms with Gasteiger partial charge in [-0.05, 0) is 40.3 Å². The maximum Gasteiger partial charge on any atom is 0.0603 e. The molecule has 3 nitrogen and oxygen atoms in total. The highest BCUT2D eigenvalue weighted by Gasteiger charge is 2.31. The number of likely N-dealkylation sites (tertiary alicyclic amines) is 1. The molecule has 1 saturated heterocycles. The molecule has 0 spiro atoms. The molecule has 3 heteroatoms. The Balaban J connectivity index is 2.35. The van der Waals surface area contributed by atoms with Gasteiger partial charge in [0.1, 0.15) is 0 Å². The standard InChI is InChI=1S/C12H26N2O/c1-10-8-14(7-6-12(2,3)15)9-11(10)13(4)5/h10-11,15H,6-9H2,1-5H3. The summed E-state index contributed by atoms with van der Waals surface area (Å²) in [5, 5.41) is 9.68. The van der Waals surface area contributed by atoms with Crippen LogP contribution < -0.4 is 0 Å². The molecule has 0 amide bonds. The van der Waals surface area contributed by atoms with Gasteiger partial charge < -0.3 is 14.9 Å². The minimum atomic E-state index is -0.528. The van der Waals surface area contributed by atoms with Gasteiger partial charge in [-0.3, -0.25) is 0 Å². The van der Waals surface area contributed by atoms with Gasteiger partial charge in [0.2, 0.25) is 0 Å². The fourth-order valence-electron chi connectivity index (χ4n) is 2.33. The second kappa shape index (κ2) is 4.81. The molecule has 15 heavy (non-hydrogen) atoms. The monoisotopic (exact) mass is 214 g/mol. The summed E-state index contributed by atoms with van der Waals surface area (Å²) in [6.07, 6.45) is 0.861. The lowest BCUT2D eigenvalue weighted by molar-refractivity contribution is 0.0597. The molecule has 0 radical (unpaired) electrons. The molecular formula is C12H26N2O. The van der Waals surface area contributed by atoms with E-state index in [0.717, 1.165) is 25.4 Å². The quantitative estimate of drug-likeness (QED) is 0.757. The molecule has 1 N–H and O–H groups in total. The van der Waals surface area contributed by atoms with Crippen LogP contribution in [-0.2, 0) is 0 Å². The third-order valence-corrected chi connectivity index (χ3v) is 3.35. The molecule has 0 aromatic rings. The van der Waals surface area contributed by atoms with E-state index in [2.05, 4.69) is 30.8 Å². The largest absolute Gasteiger partial charge is 0.390 e. The second-order valence-electron chi connectivity index (χ2n) is 5.83. The van der Waals surface area contributed by atoms with Gasteiger partial charge in [0.15, 0.2) is 0 Å². The van der Waals surface area contributed by atoms with Crippen molar-refractivity contribution in [2.24, 2.45) is 5.92 Å². The summed E-state index contributed by atoms with van der Waals surface area (Å²) in [6, 6.07) is 0.673. The van der Waals surface area contributed by atoms with E-state index in [4.69, 9.17) is 0 Å². The Labute approximate surface area is 94.1 Å². The molecular weight excluding hydrogens is 188 g/mol. The van der Waals surface area contributed by atoms with Crippen LogP contribution >= 0.6 is 0 Å². The zero-order chi connectivity index (χ0) is 11.6. The van der Waals surface area contributed by atoms with E-state index in [9.17, 15) is 5.11 Å². The van der Waals surface area contributed by atoms with Crippen molar-refractivity contribution >= 4 is 0 Å². The molecule has 1 aliphatic rings. The first-order valence-electron chi connectivity index (χ1n) is 5.91. The summed E-state index contributed by atoms with van der Waals surface area (Å²) in [6.45, 7) is 9.40. The molecule has 1 heterocycles. The van der Waals surface area contributed by atoms with Crippen molar-refractivity contribution in [2.75, 3.05) is 33.7 Å². The summed E-state index contributed by atoms with van der Waals surface area (Å²) < 4.78 is 0. The van der Waals surface area contributed by atoms with Crippen LogP contribution in [-0.4, -0.2) is 60.3 Å². The average molecular weight is 214 g/mol. The van der Waals surface area contributed by atoms with Crippen LogP contribution in [0.4, 0.5) is 0 Å². The summed E-state index contributed by atoms with van der Waals surface area (Å²) in [7, 11) is 4.31. The number of likely N-dealkylation sites (N-methyl/N-ethyl adjacent to an activating group) is 1. The van der Waals surface area contributed by atoms with Crippen LogP contribution in [0.15, 0.2) is 0 Å². The summed E-state index contributed by atoms with van der Waals surface area (Å²) in [5.41, 5.74) is -0.528. The maximum absolute atomic E-state index is 9.68. The minimum absolute atomic E-state index is 0.528. The second-order valence-corrected chi connectivity index (χ2v) is 5.83. The van der Waals surface area contributed by atoms with E-state index in [0.29, 0.717) is 6.04 Å². The molecule has 1 aliphatic heterocycles. The van der Waals surface area contributed by atoms with Gasteiger partial charge in [0, 0.05) is 25.7 Å². The molecule has 0 bridgehead atoms. The molecule has 0 aromatic heterocycles. The normalized spacial score (nSPS) is 29.0. The number of rotatable bonds is 4. The smallest absolute Gasteiger partial charge is 0.0603 e. The number of aliphatic hydroxyl groups is 1. The molecule has 90 valence electrons. The SMILES string of the molecule is CC1CN(CCC(C)(C)O)CC1N(C)C. The van der Waals surface area contributed by atoms with Gasteiger partial charge in [-0.15, -0.1) is 0 Å². The van der Waals surface area contributed by atoms with Crippen molar-refractivity contribution in [3.63, 3.8) is 0 Å². The topological polar surface area (TPSA) is 26.7 Å². The van der Waals surface area contributed by atoms with Crippen molar-refractivity contribution in [3.05, 3.63) is 0 Å². The molecule has 1 rings (SSSR count). The first kappa shape index (κ1) is 12.9. The Morgan fingerprint density at radius 3 is 2.33 bits per heavy atom. The highest BCUT2D eigenvalue weighted by Crippen LogP contribution is 2.21. The molecule has 1 fully saturated rings. The molecule has 0 saturated carbocycles. The van der Waals surface area contributed by atoms with Crippen molar-refractivity contribution in [1.82, 2.24) is 9.80 Å². The first-order valence-corrected chi connectivity index (χ1v) is 5.91. The number of hydrogen-bond donors (Lipinski definition) is 1. The zero-order valence-electron chi connectivity index (χ0n) is 10.8. The van der Waals surface area contributed by atoms with Gasteiger partial charge in [-0.1, -0.05) is 6.92 Å². The number of nitrogens with zero attached hydrogens (tertiary/aromatic N) is 2. The average Bonchev–Trinajstić information content (AvgIpc) is 2.42. The van der Waals surface area contributed by atoms with E-state index in [1.807, 2.05) is 13.8 Å². The predicted molar refractivity (Wildman–Crippen MR) is 64.0 cm³/mol. The highest BCUT2D eigenvalue weighted by atomic mass is 16.3. The van der Waals surface area contributed by atoms with Crippen LogP contribution in [0.1, 0.15) is 27.2 Å². The lowest BCUT2D eigenvalue weighted by atomic mass is 10.1. The minimum Gasteiger partial charge on any atom is -0.390 e. The lowest BCUT2D eigenvalue weighted by Gasteiger charge is -2.24. The van der Waals surface area contributed by atoms with Crippen molar-refractivity contribution in [2.45, 2.75) is 38.8 Å². The van der Waals surface area contributed by atoms with Crippen LogP contribution in [0.25, 0.3) is 0 Å². The van der Waals surface area contributed by atoms with Crippen LogP contribution in [0.3, 0.4) is 0 Å². The fraction of sp³-hybridized carbons (Fsp3) is 1.00. The Morgan fingerprint density at radius 2 is 1.93 bits per heavy atom. The third-order valence-electron chi connectivity index (χ3n) is 3.35. The van der Waals surface area contributed by atoms with E-state index in [-0.39, 0.29) is 0 Å². The highest BCUT2D eigenvalue weighted by molar-refractivity contribution is 4.87. The Hall–Kier alpha value is -0.120. The van der Waals surface area contributed by atoms with Crippen LogP contribution in [0.5, 0.6) is 0 Å². The summed E-state index contributed by atoms with van der Waals surface area (Å²) in [4.78, 5) is 4.78. The van der Waals surface area contributed by atoms with Gasteiger partial charge in [0.05, 0.1) is 5.60 Å². The Bertz CT molecular complexity index is 198. The van der Waals surface area contributed by atoms with E-state index in [1.54, 1.807) is 0 Å². The third kappa shape index (κ3) is 4.09. The molecule has 2 atom stereocenters. The van der Waals surface area contributed by atoms with Gasteiger partial charge in [-0.2, -0.15) is 0 Å². The first-order chi connectivity index (χ1) is 6.79. The van der Waals surface area contributed by atoms with Gasteiger partial charge in [0.25, 0.3) is 0 Å². The Morgan fingerprint density at radius 1 is 1.33 bits per heavy atom. The maximum atomic E-state index is 9.68. The zero-order valence-corrected chi connectivity index (χ0v) is 10.8. The van der Waals surface area contributed by atoms with Crippen molar-refractivity contribution < 1.29 is 5.11 Å². The predicted octanol–water partition coefficient (Wildman–Crippen LogP) is 1.03. The van der Waals surface area contributed by atoms with Gasteiger partial charge >= 0.3 is 0 Å². The number of hydrogen-bond acceptors (Lipinski definition) is 3. The summed E-state index contributed by atoms with van der Waals surface area (Å²) in [5.74, 6) is 0.738. The molecule has 0 aromatic carbocycles. The van der Waals surface area contributed by atoms with Crippen molar-refractivity contribution in [3.8, 4) is 0 Å². The van der Waals surface area contributed by atoms with Crippen molar-refractivity contribution in [1.29, 1.82) is 0 Å². The Kier molecular flexibility index (Phi) is 4.15. The van der Waals surface area contributed by atoms with Gasteiger partial charge in [-0.25, -0.2) is 0 Å². The lowest BCUT2D eigenvalue weighted by Crippen LogP contribution is -2.35. The fourth-order valence-corrected chi connectivity index (χ4v) is 2.33.